The van der Waals surface area contributed by atoms with E-state index in [-0.39, 0.29) is 212 Å². The average Bonchev–Trinajstić information content (AvgIpc) is 1.18. The number of fused-ring (bicyclic) bond motifs is 1. The standard InChI is InChI=1S/C40H29Cl2N15O19S6.6Na/c41-35-48-37(44-18-3-1-5-22(13-18)77(59,60)61)52-39(50-35)46-20-7-9-26(79(65,66)67)24(15-20)54-56-32-28(81(71,72)73)11-17-12-29(82(74,75)76)33(34(58)30(17)31(32)43)57-55-25-16-21(8-10-27(25)80(68,69)70)47-40-51-36(42)49-38(53-40)45-19-4-2-6-23(14-19)78(62,63)64;;;;;;/h1-16,58H,43H2,(H,59,60,61)(H,62,63,64)(H,65,66,67)(H,68,69,70)(H,71,72,73)(H,74,75,76)(H2,44,46,48,50,52)(H2,45,47,49,51,53);;;;;;/q;6*+1/p-6. The monoisotopic (exact) mass is 1420 g/mol. The molecule has 2 heterocycles. The molecule has 0 bridgehead atoms. The minimum Gasteiger partial charge on any atom is -0.744 e. The molecule has 2 aromatic heterocycles. The van der Waals surface area contributed by atoms with Crippen molar-refractivity contribution in [3.63, 3.8) is 0 Å². The second-order valence-corrected chi connectivity index (χ2v) is 24.7. The Kier molecular flexibility index (Phi) is 29.9. The molecule has 0 amide bonds. The van der Waals surface area contributed by atoms with Crippen LogP contribution in [0.15, 0.2) is 147 Å². The molecule has 8 aromatic rings. The fraction of sp³-hybridized carbons (Fsp3) is 0. The Hall–Kier alpha value is -2.36. The first kappa shape index (κ1) is 81.7. The maximum atomic E-state index is 12.7. The van der Waals surface area contributed by atoms with Gasteiger partial charge in [-0.3, -0.25) is 0 Å². The van der Waals surface area contributed by atoms with Gasteiger partial charge >= 0.3 is 177 Å². The SMILES string of the molecule is Nc1c(N=Nc2cc(Nc3nc(Cl)nc(Nc4cccc(S(=O)(=O)[O-])c4)n3)ccc2S(=O)(=O)[O-])c(S(=O)(=O)[O-])cc2cc(S(=O)(=O)[O-])c(N=Nc3cc(Nc4nc(Cl)nc(Nc5cccc(S(=O)(=O)[O-])c5)n4)ccc3S(=O)(=O)[O-])c(O)c12.[Na+].[Na+].[Na+].[Na+].[Na+].[Na+]. The number of benzene rings is 6. The first-order chi connectivity index (χ1) is 38.0. The van der Waals surface area contributed by atoms with E-state index >= 15 is 0 Å². The van der Waals surface area contributed by atoms with Crippen molar-refractivity contribution < 1.29 is 260 Å². The van der Waals surface area contributed by atoms with Gasteiger partial charge in [-0.05, 0) is 114 Å². The minimum absolute atomic E-state index is 0. The molecule has 88 heavy (non-hydrogen) atoms. The van der Waals surface area contributed by atoms with Crippen LogP contribution in [0.2, 0.25) is 10.6 Å². The van der Waals surface area contributed by atoms with Crippen molar-refractivity contribution in [2.75, 3.05) is 27.0 Å². The van der Waals surface area contributed by atoms with Crippen molar-refractivity contribution >= 4 is 170 Å². The van der Waals surface area contributed by atoms with Crippen molar-refractivity contribution in [2.24, 2.45) is 20.5 Å². The number of phenols is 1. The summed E-state index contributed by atoms with van der Waals surface area (Å²) < 4.78 is 220. The summed E-state index contributed by atoms with van der Waals surface area (Å²) in [5.41, 5.74) is 0.201. The molecule has 6 aromatic carbocycles. The number of hydrogen-bond acceptors (Lipinski definition) is 34. The van der Waals surface area contributed by atoms with E-state index < -0.39 is 158 Å². The molecule has 0 atom stereocenters. The second-order valence-electron chi connectivity index (χ2n) is 15.9. The van der Waals surface area contributed by atoms with Crippen molar-refractivity contribution in [1.82, 2.24) is 29.9 Å². The molecule has 428 valence electrons. The molecular weight excluding hydrogens is 1400 g/mol. The molecule has 0 aliphatic rings. The molecule has 0 fully saturated rings. The smallest absolute Gasteiger partial charge is 0.744 e. The van der Waals surface area contributed by atoms with Gasteiger partial charge in [-0.1, -0.05) is 12.1 Å². The molecule has 0 saturated carbocycles. The van der Waals surface area contributed by atoms with Gasteiger partial charge in [0.2, 0.25) is 34.4 Å². The summed E-state index contributed by atoms with van der Waals surface area (Å²) in [6.07, 6.45) is 0. The molecule has 0 aliphatic carbocycles. The van der Waals surface area contributed by atoms with E-state index in [1.54, 1.807) is 0 Å². The van der Waals surface area contributed by atoms with Crippen molar-refractivity contribution in [3.8, 4) is 5.75 Å². The molecule has 0 radical (unpaired) electrons. The van der Waals surface area contributed by atoms with Crippen LogP contribution < -0.4 is 204 Å². The Balaban J connectivity index is 0.00000440. The van der Waals surface area contributed by atoms with Gasteiger partial charge in [0, 0.05) is 22.7 Å². The van der Waals surface area contributed by atoms with Crippen molar-refractivity contribution in [3.05, 3.63) is 108 Å². The number of aromatic hydroxyl groups is 1. The minimum atomic E-state index is -5.87. The first-order valence-corrected chi connectivity index (χ1v) is 30.3. The van der Waals surface area contributed by atoms with Crippen LogP contribution in [0.4, 0.5) is 75.0 Å². The quantitative estimate of drug-likeness (QED) is 0.0201. The molecule has 0 saturated heterocycles. The second kappa shape index (κ2) is 32.2. The van der Waals surface area contributed by atoms with E-state index in [9.17, 15) is 82.9 Å². The van der Waals surface area contributed by atoms with Crippen LogP contribution in [0.25, 0.3) is 10.8 Å². The van der Waals surface area contributed by atoms with Gasteiger partial charge in [-0.25, -0.2) is 50.5 Å². The van der Waals surface area contributed by atoms with Gasteiger partial charge in [-0.15, -0.1) is 20.5 Å². The van der Waals surface area contributed by atoms with Crippen LogP contribution >= 0.6 is 23.2 Å². The number of nitrogens with one attached hydrogen (secondary N) is 4. The predicted octanol–water partition coefficient (Wildman–Crippen LogP) is -12.9. The summed E-state index contributed by atoms with van der Waals surface area (Å²) in [5.74, 6) is -3.03. The fourth-order valence-electron chi connectivity index (χ4n) is 6.97. The zero-order valence-corrected chi connectivity index (χ0v) is 63.7. The number of rotatable bonds is 18. The third kappa shape index (κ3) is 20.8. The molecule has 34 nitrogen and oxygen atoms in total. The summed E-state index contributed by atoms with van der Waals surface area (Å²) in [4.78, 5) is 16.9. The number of azo groups is 2. The molecular formula is C40H23Cl2N15Na6O19S6. The molecule has 0 unspecified atom stereocenters. The van der Waals surface area contributed by atoms with Crippen LogP contribution in [0.5, 0.6) is 5.75 Å². The summed E-state index contributed by atoms with van der Waals surface area (Å²) in [6, 6.07) is 14.5. The first-order valence-electron chi connectivity index (χ1n) is 21.1. The molecule has 0 aliphatic heterocycles. The third-order valence-electron chi connectivity index (χ3n) is 10.3. The predicted molar refractivity (Wildman–Crippen MR) is 275 cm³/mol. The average molecular weight is 1420 g/mol. The third-order valence-corrected chi connectivity index (χ3v) is 15.8. The summed E-state index contributed by atoms with van der Waals surface area (Å²) >= 11 is 12.1. The van der Waals surface area contributed by atoms with Gasteiger partial charge in [0.15, 0.2) is 5.75 Å². The maximum absolute atomic E-state index is 12.7. The van der Waals surface area contributed by atoms with E-state index in [1.807, 2.05) is 0 Å². The number of nitrogens with two attached hydrogens (primary N) is 1. The zero-order chi connectivity index (χ0) is 60.1. The van der Waals surface area contributed by atoms with E-state index in [2.05, 4.69) is 71.6 Å². The summed E-state index contributed by atoms with van der Waals surface area (Å²) in [5, 5.41) is 33.7. The van der Waals surface area contributed by atoms with E-state index in [0.29, 0.717) is 24.3 Å². The largest absolute Gasteiger partial charge is 1.00 e. The van der Waals surface area contributed by atoms with Gasteiger partial charge in [-0.2, -0.15) is 29.9 Å². The van der Waals surface area contributed by atoms with Crippen LogP contribution in [-0.4, -0.2) is 113 Å². The topological polar surface area (TPSA) is 564 Å². The summed E-state index contributed by atoms with van der Waals surface area (Å²) in [6.45, 7) is 0. The number of aromatic nitrogens is 6. The van der Waals surface area contributed by atoms with E-state index in [1.165, 1.54) is 24.3 Å². The number of halogens is 2. The van der Waals surface area contributed by atoms with Gasteiger partial charge in [0.1, 0.15) is 83.5 Å². The Morgan fingerprint density at radius 2 is 0.716 bits per heavy atom. The Labute approximate surface area is 640 Å². The Morgan fingerprint density at radius 1 is 0.398 bits per heavy atom. The normalized spacial score (nSPS) is 11.9. The van der Waals surface area contributed by atoms with Gasteiger partial charge < -0.3 is 59.4 Å². The van der Waals surface area contributed by atoms with Crippen LogP contribution in [-0.2, 0) is 60.7 Å². The van der Waals surface area contributed by atoms with E-state index in [4.69, 9.17) is 28.9 Å². The molecule has 48 heteroatoms. The number of hydrogen-bond donors (Lipinski definition) is 6. The zero-order valence-electron chi connectivity index (χ0n) is 45.3. The summed E-state index contributed by atoms with van der Waals surface area (Å²) in [7, 11) is -32.5. The molecule has 7 N–H and O–H groups in total. The number of nitrogen functional groups attached to an aromatic ring is 1. The molecule has 0 spiro atoms. The van der Waals surface area contributed by atoms with Crippen LogP contribution in [0, 0.1) is 0 Å². The van der Waals surface area contributed by atoms with Crippen LogP contribution in [0.1, 0.15) is 0 Å². The Morgan fingerprint density at radius 3 is 1.05 bits per heavy atom. The number of nitrogens with zero attached hydrogens (tertiary/aromatic N) is 10. The van der Waals surface area contributed by atoms with Crippen molar-refractivity contribution in [1.29, 1.82) is 0 Å². The van der Waals surface area contributed by atoms with Crippen LogP contribution in [0.3, 0.4) is 0 Å². The van der Waals surface area contributed by atoms with Crippen molar-refractivity contribution in [2.45, 2.75) is 29.4 Å². The van der Waals surface area contributed by atoms with Gasteiger partial charge in [0.05, 0.1) is 40.4 Å². The Bertz CT molecular complexity index is 4520. The van der Waals surface area contributed by atoms with E-state index in [0.717, 1.165) is 48.5 Å². The number of phenolic OH excluding ortho intramolecular Hbond substituents is 1. The fourth-order valence-corrected chi connectivity index (χ4v) is 10.8. The molecule has 8 rings (SSSR count). The maximum Gasteiger partial charge on any atom is 1.00 e. The number of anilines is 9. The van der Waals surface area contributed by atoms with Gasteiger partial charge in [0.25, 0.3) is 0 Å².